The number of imidazole rings is 1. The highest BCUT2D eigenvalue weighted by atomic mass is 31.2. The number of carbonyl (C=O) groups excluding carboxylic acids is 1. The van der Waals surface area contributed by atoms with Gasteiger partial charge in [-0.05, 0) is 7.05 Å². The van der Waals surface area contributed by atoms with Gasteiger partial charge in [-0.25, -0.2) is 14.3 Å². The lowest BCUT2D eigenvalue weighted by molar-refractivity contribution is -0.121. The molecule has 0 radical (unpaired) electrons. The zero-order valence-electron chi connectivity index (χ0n) is 16.7. The molecule has 6 atom stereocenters. The standard InChI is InChI=1S/C16H23N6O9P/c1-17-9(4-8-5-18-7-19-8)14(26)21-32(28,29)30-6-10-12(24)13(25)15(31-10)22-3-2-11(23)20-16(22)27/h2-3,5,7,9-10,12-13,15,17,24-25H,4,6H2,1H3,(H,18,19)(H,20,23,27)(H2,21,26,28,29)/t9-,10+,12+,13+,15+/m0/s1. The number of hydrogen-bond acceptors (Lipinski definition) is 10. The van der Waals surface area contributed by atoms with Gasteiger partial charge in [0.25, 0.3) is 5.56 Å². The number of rotatable bonds is 9. The van der Waals surface area contributed by atoms with Crippen LogP contribution in [0.15, 0.2) is 34.4 Å². The van der Waals surface area contributed by atoms with Gasteiger partial charge in [0, 0.05) is 30.6 Å². The van der Waals surface area contributed by atoms with Crippen molar-refractivity contribution in [3.05, 3.63) is 51.3 Å². The van der Waals surface area contributed by atoms with Crippen molar-refractivity contribution in [3.8, 4) is 0 Å². The van der Waals surface area contributed by atoms with Crippen molar-refractivity contribution in [1.82, 2.24) is 29.9 Å². The molecule has 176 valence electrons. The van der Waals surface area contributed by atoms with E-state index in [2.05, 4.69) is 15.3 Å². The lowest BCUT2D eigenvalue weighted by atomic mass is 10.1. The monoisotopic (exact) mass is 474 g/mol. The largest absolute Gasteiger partial charge is 0.432 e. The molecule has 1 aliphatic rings. The molecule has 2 aromatic rings. The Hall–Kier alpha value is -2.65. The van der Waals surface area contributed by atoms with Gasteiger partial charge in [0.15, 0.2) is 6.23 Å². The van der Waals surface area contributed by atoms with Crippen molar-refractivity contribution >= 4 is 13.7 Å². The van der Waals surface area contributed by atoms with Crippen LogP contribution in [0.5, 0.6) is 0 Å². The molecule has 3 rings (SSSR count). The van der Waals surface area contributed by atoms with E-state index in [1.165, 1.54) is 19.6 Å². The third kappa shape index (κ3) is 5.58. The summed E-state index contributed by atoms with van der Waals surface area (Å²) in [6.45, 7) is -0.689. The fourth-order valence-electron chi connectivity index (χ4n) is 3.09. The second-order valence-electron chi connectivity index (χ2n) is 6.98. The van der Waals surface area contributed by atoms with Gasteiger partial charge in [-0.2, -0.15) is 0 Å². The third-order valence-electron chi connectivity index (χ3n) is 4.77. The number of aromatic amines is 2. The van der Waals surface area contributed by atoms with Gasteiger partial charge in [0.2, 0.25) is 5.91 Å². The highest BCUT2D eigenvalue weighted by Gasteiger charge is 2.45. The van der Waals surface area contributed by atoms with Gasteiger partial charge in [0.05, 0.1) is 19.0 Å². The number of amides is 1. The first-order valence-corrected chi connectivity index (χ1v) is 11.0. The zero-order valence-corrected chi connectivity index (χ0v) is 17.6. The average molecular weight is 474 g/mol. The Kier molecular flexibility index (Phi) is 7.40. The Balaban J connectivity index is 1.59. The number of nitrogens with one attached hydrogen (secondary N) is 4. The summed E-state index contributed by atoms with van der Waals surface area (Å²) in [6.07, 6.45) is -1.71. The molecule has 1 fully saturated rings. The van der Waals surface area contributed by atoms with Crippen molar-refractivity contribution in [2.24, 2.45) is 0 Å². The predicted octanol–water partition coefficient (Wildman–Crippen LogP) is -3.06. The van der Waals surface area contributed by atoms with Crippen LogP contribution in [0.3, 0.4) is 0 Å². The van der Waals surface area contributed by atoms with Gasteiger partial charge in [0.1, 0.15) is 18.3 Å². The Bertz CT molecular complexity index is 1090. The van der Waals surface area contributed by atoms with Gasteiger partial charge in [-0.1, -0.05) is 0 Å². The maximum atomic E-state index is 12.3. The van der Waals surface area contributed by atoms with Gasteiger partial charge in [-0.15, -0.1) is 0 Å². The van der Waals surface area contributed by atoms with E-state index in [-0.39, 0.29) is 6.42 Å². The molecule has 1 aliphatic heterocycles. The fraction of sp³-hybridized carbons (Fsp3) is 0.500. The van der Waals surface area contributed by atoms with Gasteiger partial charge < -0.3 is 30.1 Å². The summed E-state index contributed by atoms with van der Waals surface area (Å²) in [7, 11) is -3.17. The van der Waals surface area contributed by atoms with E-state index in [1.54, 1.807) is 0 Å². The lowest BCUT2D eigenvalue weighted by Gasteiger charge is -2.20. The minimum absolute atomic E-state index is 0.161. The highest BCUT2D eigenvalue weighted by molar-refractivity contribution is 7.51. The second-order valence-corrected chi connectivity index (χ2v) is 8.50. The van der Waals surface area contributed by atoms with Crippen molar-refractivity contribution in [3.63, 3.8) is 0 Å². The van der Waals surface area contributed by atoms with E-state index in [4.69, 9.17) is 9.26 Å². The molecule has 32 heavy (non-hydrogen) atoms. The first kappa shape index (κ1) is 24.0. The van der Waals surface area contributed by atoms with Crippen LogP contribution in [-0.4, -0.2) is 78.5 Å². The van der Waals surface area contributed by atoms with Gasteiger partial charge in [-0.3, -0.25) is 28.8 Å². The van der Waals surface area contributed by atoms with Crippen LogP contribution in [0, 0.1) is 0 Å². The Morgan fingerprint density at radius 3 is 2.78 bits per heavy atom. The summed E-state index contributed by atoms with van der Waals surface area (Å²) >= 11 is 0. The SMILES string of the molecule is CN[C@@H](Cc1cnc[nH]1)C(=O)NP(=O)(O)OC[C@H]1O[C@@H](n2ccc(=O)[nH]c2=O)[C@H](O)[C@@H]1O. The van der Waals surface area contributed by atoms with E-state index in [1.807, 2.05) is 10.1 Å². The Morgan fingerprint density at radius 2 is 2.16 bits per heavy atom. The summed E-state index contributed by atoms with van der Waals surface area (Å²) in [5.74, 6) is -0.821. The van der Waals surface area contributed by atoms with E-state index in [0.717, 1.165) is 16.8 Å². The maximum Gasteiger partial charge on any atom is 0.432 e. The topological polar surface area (TPSA) is 221 Å². The van der Waals surface area contributed by atoms with Crippen molar-refractivity contribution in [2.75, 3.05) is 13.7 Å². The summed E-state index contributed by atoms with van der Waals surface area (Å²) in [5, 5.41) is 24.9. The number of H-pyrrole nitrogens is 2. The normalized spacial score (nSPS) is 25.9. The number of carbonyl (C=O) groups is 1. The fourth-order valence-corrected chi connectivity index (χ4v) is 3.94. The summed E-state index contributed by atoms with van der Waals surface area (Å²) in [6, 6.07) is 0.151. The van der Waals surface area contributed by atoms with Crippen molar-refractivity contribution in [2.45, 2.75) is 37.0 Å². The highest BCUT2D eigenvalue weighted by Crippen LogP contribution is 2.39. The molecule has 0 aliphatic carbocycles. The van der Waals surface area contributed by atoms with Crippen LogP contribution >= 0.6 is 7.75 Å². The maximum absolute atomic E-state index is 12.3. The first-order chi connectivity index (χ1) is 15.1. The van der Waals surface area contributed by atoms with E-state index >= 15 is 0 Å². The van der Waals surface area contributed by atoms with E-state index in [9.17, 15) is 34.1 Å². The average Bonchev–Trinajstić information content (AvgIpc) is 3.33. The third-order valence-corrected chi connectivity index (χ3v) is 5.77. The molecular formula is C16H23N6O9P. The molecule has 0 saturated carbocycles. The molecule has 7 N–H and O–H groups in total. The molecule has 0 bridgehead atoms. The number of nitrogens with zero attached hydrogens (tertiary/aromatic N) is 2. The molecule has 1 saturated heterocycles. The van der Waals surface area contributed by atoms with Crippen LogP contribution in [0.25, 0.3) is 0 Å². The van der Waals surface area contributed by atoms with Crippen molar-refractivity contribution < 1.29 is 33.7 Å². The molecule has 16 heteroatoms. The Labute approximate surface area is 180 Å². The number of aliphatic hydroxyl groups excluding tert-OH is 2. The minimum atomic E-state index is -4.67. The first-order valence-electron chi connectivity index (χ1n) is 9.38. The summed E-state index contributed by atoms with van der Waals surface area (Å²) in [5.41, 5.74) is -0.928. The van der Waals surface area contributed by atoms with E-state index < -0.39 is 62.1 Å². The zero-order chi connectivity index (χ0) is 23.5. The van der Waals surface area contributed by atoms with Crippen LogP contribution in [0.1, 0.15) is 11.9 Å². The molecule has 1 amide bonds. The number of aromatic nitrogens is 4. The number of ether oxygens (including phenoxy) is 1. The molecule has 15 nitrogen and oxygen atoms in total. The molecule has 1 unspecified atom stereocenters. The van der Waals surface area contributed by atoms with Gasteiger partial charge >= 0.3 is 13.4 Å². The van der Waals surface area contributed by atoms with Crippen LogP contribution < -0.4 is 21.7 Å². The van der Waals surface area contributed by atoms with Crippen LogP contribution in [0.2, 0.25) is 0 Å². The minimum Gasteiger partial charge on any atom is -0.387 e. The molecule has 0 aromatic carbocycles. The lowest BCUT2D eigenvalue weighted by Crippen LogP contribution is -2.43. The van der Waals surface area contributed by atoms with Crippen LogP contribution in [0.4, 0.5) is 0 Å². The quantitative estimate of drug-likeness (QED) is 0.181. The smallest absolute Gasteiger partial charge is 0.387 e. The Morgan fingerprint density at radius 1 is 1.41 bits per heavy atom. The number of hydrogen-bond donors (Lipinski definition) is 7. The molecule has 3 heterocycles. The van der Waals surface area contributed by atoms with Crippen LogP contribution in [-0.2, 0) is 25.0 Å². The summed E-state index contributed by atoms with van der Waals surface area (Å²) in [4.78, 5) is 54.0. The molecule has 2 aromatic heterocycles. The predicted molar refractivity (Wildman–Crippen MR) is 106 cm³/mol. The number of aliphatic hydroxyl groups is 2. The summed E-state index contributed by atoms with van der Waals surface area (Å²) < 4.78 is 23.4. The second kappa shape index (κ2) is 9.87. The number of likely N-dealkylation sites (N-methyl/N-ethyl adjacent to an activating group) is 1. The molecule has 0 spiro atoms. The van der Waals surface area contributed by atoms with E-state index in [0.29, 0.717) is 5.69 Å². The van der Waals surface area contributed by atoms with Crippen molar-refractivity contribution in [1.29, 1.82) is 0 Å². The molecular weight excluding hydrogens is 451 g/mol.